The predicted molar refractivity (Wildman–Crippen MR) is 56.2 cm³/mol. The average molecular weight is 197 g/mol. The molecule has 0 amide bonds. The molecule has 0 saturated heterocycles. The lowest BCUT2D eigenvalue weighted by Crippen LogP contribution is -2.39. The maximum atomic E-state index is 5.16. The lowest BCUT2D eigenvalue weighted by molar-refractivity contribution is 0.162. The molecule has 1 unspecified atom stereocenters. The van der Waals surface area contributed by atoms with E-state index >= 15 is 0 Å². The molecule has 0 aromatic carbocycles. The fourth-order valence-corrected chi connectivity index (χ4v) is 1.50. The maximum Gasteiger partial charge on any atom is 0.0921 e. The largest absolute Gasteiger partial charge is 0.383 e. The van der Waals surface area contributed by atoms with E-state index in [1.54, 1.807) is 13.4 Å². The van der Waals surface area contributed by atoms with Gasteiger partial charge in [0.1, 0.15) is 0 Å². The van der Waals surface area contributed by atoms with Gasteiger partial charge in [-0.15, -0.1) is 0 Å². The number of ether oxygens (including phenoxy) is 1. The van der Waals surface area contributed by atoms with E-state index in [9.17, 15) is 0 Å². The quantitative estimate of drug-likeness (QED) is 0.714. The number of aromatic amines is 1. The molecule has 4 nitrogen and oxygen atoms in total. The number of aromatic nitrogens is 2. The van der Waals surface area contributed by atoms with Gasteiger partial charge in [0.25, 0.3) is 0 Å². The van der Waals surface area contributed by atoms with E-state index in [1.165, 1.54) is 0 Å². The van der Waals surface area contributed by atoms with Gasteiger partial charge in [0.2, 0.25) is 0 Å². The summed E-state index contributed by atoms with van der Waals surface area (Å²) in [6.45, 7) is 4.99. The van der Waals surface area contributed by atoms with Crippen LogP contribution in [-0.2, 0) is 11.2 Å². The summed E-state index contributed by atoms with van der Waals surface area (Å²) in [5.74, 6) is 0. The molecule has 80 valence electrons. The van der Waals surface area contributed by atoms with Gasteiger partial charge in [-0.2, -0.15) is 0 Å². The summed E-state index contributed by atoms with van der Waals surface area (Å²) in [6.07, 6.45) is 4.48. The Morgan fingerprint density at radius 1 is 1.57 bits per heavy atom. The molecule has 0 spiro atoms. The van der Waals surface area contributed by atoms with Crippen LogP contribution in [0.15, 0.2) is 12.5 Å². The van der Waals surface area contributed by atoms with Gasteiger partial charge >= 0.3 is 0 Å². The van der Waals surface area contributed by atoms with Crippen LogP contribution in [0.5, 0.6) is 0 Å². The number of H-pyrrole nitrogens is 1. The molecule has 4 heteroatoms. The third kappa shape index (κ3) is 3.89. The smallest absolute Gasteiger partial charge is 0.0921 e. The highest BCUT2D eigenvalue weighted by Gasteiger charge is 2.10. The minimum Gasteiger partial charge on any atom is -0.383 e. The van der Waals surface area contributed by atoms with Gasteiger partial charge in [-0.3, -0.25) is 0 Å². The lowest BCUT2D eigenvalue weighted by Gasteiger charge is -2.19. The highest BCUT2D eigenvalue weighted by atomic mass is 16.5. The second-order valence-electron chi connectivity index (χ2n) is 3.75. The summed E-state index contributed by atoms with van der Waals surface area (Å²) in [7, 11) is 1.72. The Bertz CT molecular complexity index is 234. The van der Waals surface area contributed by atoms with Crippen LogP contribution in [-0.4, -0.2) is 35.8 Å². The normalized spacial score (nSPS) is 13.4. The van der Waals surface area contributed by atoms with Gasteiger partial charge in [0.05, 0.1) is 12.9 Å². The zero-order chi connectivity index (χ0) is 10.4. The van der Waals surface area contributed by atoms with E-state index in [-0.39, 0.29) is 0 Å². The van der Waals surface area contributed by atoms with Crippen molar-refractivity contribution in [3.05, 3.63) is 18.2 Å². The number of imidazole rings is 1. The Labute approximate surface area is 85.1 Å². The van der Waals surface area contributed by atoms with E-state index in [0.717, 1.165) is 18.7 Å². The van der Waals surface area contributed by atoms with Crippen molar-refractivity contribution in [2.75, 3.05) is 13.7 Å². The van der Waals surface area contributed by atoms with Gasteiger partial charge in [-0.25, -0.2) is 4.98 Å². The Kier molecular flexibility index (Phi) is 4.62. The molecule has 0 bridgehead atoms. The lowest BCUT2D eigenvalue weighted by atomic mass is 10.1. The van der Waals surface area contributed by atoms with Crippen LogP contribution in [0, 0.1) is 0 Å². The van der Waals surface area contributed by atoms with E-state index < -0.39 is 0 Å². The molecule has 0 aliphatic rings. The molecule has 14 heavy (non-hydrogen) atoms. The number of hydrogen-bond acceptors (Lipinski definition) is 3. The fraction of sp³-hybridized carbons (Fsp3) is 0.700. The van der Waals surface area contributed by atoms with Crippen LogP contribution in [0.4, 0.5) is 0 Å². The van der Waals surface area contributed by atoms with Crippen LogP contribution < -0.4 is 5.32 Å². The number of hydrogen-bond donors (Lipinski definition) is 2. The highest BCUT2D eigenvalue weighted by molar-refractivity contribution is 4.97. The minimum atomic E-state index is 0.348. The van der Waals surface area contributed by atoms with Crippen LogP contribution in [0.2, 0.25) is 0 Å². The molecular formula is C10H19N3O. The summed E-state index contributed by atoms with van der Waals surface area (Å²) in [5.41, 5.74) is 1.14. The van der Waals surface area contributed by atoms with Crippen LogP contribution in [0.3, 0.4) is 0 Å². The molecule has 2 N–H and O–H groups in total. The third-order valence-electron chi connectivity index (χ3n) is 1.96. The summed E-state index contributed by atoms with van der Waals surface area (Å²) in [6, 6.07) is 0.818. The number of nitrogens with zero attached hydrogens (tertiary/aromatic N) is 1. The summed E-state index contributed by atoms with van der Waals surface area (Å²) in [4.78, 5) is 7.08. The first-order valence-electron chi connectivity index (χ1n) is 4.94. The first kappa shape index (κ1) is 11.2. The molecule has 1 aromatic heterocycles. The van der Waals surface area contributed by atoms with Gasteiger partial charge in [0.15, 0.2) is 0 Å². The zero-order valence-electron chi connectivity index (χ0n) is 9.08. The molecular weight excluding hydrogens is 178 g/mol. The first-order valence-corrected chi connectivity index (χ1v) is 4.94. The minimum absolute atomic E-state index is 0.348. The molecule has 1 aromatic rings. The first-order chi connectivity index (χ1) is 6.72. The van der Waals surface area contributed by atoms with Crippen LogP contribution in [0.25, 0.3) is 0 Å². The Balaban J connectivity index is 2.42. The standard InChI is InChI=1S/C10H19N3O/c1-8(2)13-10(6-14-3)4-9-5-11-7-12-9/h5,7-8,10,13H,4,6H2,1-3H3,(H,11,12). The Morgan fingerprint density at radius 3 is 2.86 bits per heavy atom. The average Bonchev–Trinajstić information content (AvgIpc) is 2.56. The third-order valence-corrected chi connectivity index (χ3v) is 1.96. The van der Waals surface area contributed by atoms with Crippen LogP contribution in [0.1, 0.15) is 19.5 Å². The van der Waals surface area contributed by atoms with Crippen molar-refractivity contribution in [2.24, 2.45) is 0 Å². The van der Waals surface area contributed by atoms with Crippen molar-refractivity contribution in [1.82, 2.24) is 15.3 Å². The van der Waals surface area contributed by atoms with E-state index in [4.69, 9.17) is 4.74 Å². The Morgan fingerprint density at radius 2 is 2.36 bits per heavy atom. The molecule has 0 aliphatic heterocycles. The summed E-state index contributed by atoms with van der Waals surface area (Å²) in [5, 5.41) is 3.45. The molecule has 1 heterocycles. The van der Waals surface area contributed by atoms with Crippen molar-refractivity contribution in [3.63, 3.8) is 0 Å². The fourth-order valence-electron chi connectivity index (χ4n) is 1.50. The summed E-state index contributed by atoms with van der Waals surface area (Å²) >= 11 is 0. The van der Waals surface area contributed by atoms with Crippen molar-refractivity contribution >= 4 is 0 Å². The predicted octanol–water partition coefficient (Wildman–Crippen LogP) is 0.965. The zero-order valence-corrected chi connectivity index (χ0v) is 9.08. The van der Waals surface area contributed by atoms with Crippen molar-refractivity contribution in [3.8, 4) is 0 Å². The summed E-state index contributed by atoms with van der Waals surface area (Å²) < 4.78 is 5.16. The molecule has 0 fully saturated rings. The van der Waals surface area contributed by atoms with Gasteiger partial charge in [-0.1, -0.05) is 13.8 Å². The van der Waals surface area contributed by atoms with Crippen molar-refractivity contribution < 1.29 is 4.74 Å². The number of methoxy groups -OCH3 is 1. The van der Waals surface area contributed by atoms with Crippen LogP contribution >= 0.6 is 0 Å². The topological polar surface area (TPSA) is 49.9 Å². The van der Waals surface area contributed by atoms with E-state index in [1.807, 2.05) is 6.20 Å². The SMILES string of the molecule is COCC(Cc1cnc[nH]1)NC(C)C. The van der Waals surface area contributed by atoms with Gasteiger partial charge in [0, 0.05) is 37.5 Å². The molecule has 0 saturated carbocycles. The highest BCUT2D eigenvalue weighted by Crippen LogP contribution is 2.00. The molecule has 1 rings (SSSR count). The number of rotatable bonds is 6. The van der Waals surface area contributed by atoms with Gasteiger partial charge in [-0.05, 0) is 0 Å². The number of nitrogens with one attached hydrogen (secondary N) is 2. The van der Waals surface area contributed by atoms with Gasteiger partial charge < -0.3 is 15.0 Å². The maximum absolute atomic E-state index is 5.16. The second-order valence-corrected chi connectivity index (χ2v) is 3.75. The van der Waals surface area contributed by atoms with E-state index in [0.29, 0.717) is 12.1 Å². The second kappa shape index (κ2) is 5.78. The molecule has 0 radical (unpaired) electrons. The molecule has 1 atom stereocenters. The van der Waals surface area contributed by atoms with Crippen molar-refractivity contribution in [1.29, 1.82) is 0 Å². The monoisotopic (exact) mass is 197 g/mol. The van der Waals surface area contributed by atoms with Crippen molar-refractivity contribution in [2.45, 2.75) is 32.4 Å². The Hall–Kier alpha value is -0.870. The van der Waals surface area contributed by atoms with E-state index in [2.05, 4.69) is 29.1 Å². The molecule has 0 aliphatic carbocycles.